The van der Waals surface area contributed by atoms with Crippen molar-refractivity contribution in [2.75, 3.05) is 13.1 Å². The van der Waals surface area contributed by atoms with Gasteiger partial charge in [0.1, 0.15) is 22.8 Å². The average Bonchev–Trinajstić information content (AvgIpc) is 2.96. The number of amides is 1. The number of halogens is 2. The number of aliphatic carboxylic acids is 1. The zero-order valence-corrected chi connectivity index (χ0v) is 13.0. The highest BCUT2D eigenvalue weighted by molar-refractivity contribution is 6.36. The number of oxime groups is 1. The van der Waals surface area contributed by atoms with Gasteiger partial charge < -0.3 is 14.8 Å². The van der Waals surface area contributed by atoms with Crippen molar-refractivity contribution in [2.24, 2.45) is 5.16 Å². The first kappa shape index (κ1) is 16.4. The maximum absolute atomic E-state index is 14.1. The summed E-state index contributed by atoms with van der Waals surface area (Å²) in [5.41, 5.74) is -1.15. The lowest BCUT2D eigenvalue weighted by molar-refractivity contribution is -0.129. The van der Waals surface area contributed by atoms with Gasteiger partial charge in [0.25, 0.3) is 5.91 Å². The summed E-state index contributed by atoms with van der Waals surface area (Å²) >= 11 is 0. The molecular weight excluding hydrogens is 322 g/mol. The Bertz CT molecular complexity index is 740. The van der Waals surface area contributed by atoms with Gasteiger partial charge in [-0.25, -0.2) is 13.6 Å². The lowest BCUT2D eigenvalue weighted by Crippen LogP contribution is -2.47. The van der Waals surface area contributed by atoms with E-state index in [9.17, 15) is 18.4 Å². The van der Waals surface area contributed by atoms with E-state index in [1.54, 1.807) is 0 Å². The second-order valence-electron chi connectivity index (χ2n) is 6.14. The van der Waals surface area contributed by atoms with Crippen molar-refractivity contribution in [1.82, 2.24) is 4.90 Å². The number of benzene rings is 1. The van der Waals surface area contributed by atoms with E-state index < -0.39 is 34.7 Å². The standard InChI is InChI=1S/C16H16F2N2O4/c1-9-2-3-10(17)12(13(9)18)14(21)20-6-4-16(5-7-20)8-11(15(22)23)19-24-16/h2-3H,4-8H2,1H3,(H,22,23). The third-order valence-electron chi connectivity index (χ3n) is 4.55. The third kappa shape index (κ3) is 2.72. The number of aryl methyl sites for hydroxylation is 1. The summed E-state index contributed by atoms with van der Waals surface area (Å²) < 4.78 is 28.0. The SMILES string of the molecule is Cc1ccc(F)c(C(=O)N2CCC3(CC2)CC(C(=O)O)=NO3)c1F. The zero-order chi connectivity index (χ0) is 17.5. The van der Waals surface area contributed by atoms with Gasteiger partial charge in [0.2, 0.25) is 0 Å². The van der Waals surface area contributed by atoms with Gasteiger partial charge in [0, 0.05) is 32.4 Å². The Labute approximate surface area is 136 Å². The van der Waals surface area contributed by atoms with Gasteiger partial charge in [-0.2, -0.15) is 0 Å². The number of carboxylic acids is 1. The molecule has 1 amide bonds. The first-order chi connectivity index (χ1) is 11.3. The van der Waals surface area contributed by atoms with Gasteiger partial charge in [-0.15, -0.1) is 0 Å². The fraction of sp³-hybridized carbons (Fsp3) is 0.438. The van der Waals surface area contributed by atoms with Gasteiger partial charge in [0.05, 0.1) is 0 Å². The molecule has 6 nitrogen and oxygen atoms in total. The van der Waals surface area contributed by atoms with E-state index >= 15 is 0 Å². The molecule has 2 heterocycles. The minimum Gasteiger partial charge on any atom is -0.477 e. The number of hydrogen-bond donors (Lipinski definition) is 1. The summed E-state index contributed by atoms with van der Waals surface area (Å²) in [4.78, 5) is 30.0. The van der Waals surface area contributed by atoms with Crippen LogP contribution in [0, 0.1) is 18.6 Å². The highest BCUT2D eigenvalue weighted by Crippen LogP contribution is 2.35. The van der Waals surface area contributed by atoms with Crippen molar-refractivity contribution < 1.29 is 28.3 Å². The van der Waals surface area contributed by atoms with Crippen molar-refractivity contribution >= 4 is 17.6 Å². The van der Waals surface area contributed by atoms with E-state index in [4.69, 9.17) is 9.94 Å². The molecule has 0 bridgehead atoms. The number of carbonyl (C=O) groups is 2. The molecule has 8 heteroatoms. The number of rotatable bonds is 2. The van der Waals surface area contributed by atoms with Crippen molar-refractivity contribution in [3.05, 3.63) is 34.9 Å². The molecule has 2 aliphatic heterocycles. The smallest absolute Gasteiger partial charge is 0.353 e. The van der Waals surface area contributed by atoms with Crippen LogP contribution in [-0.4, -0.2) is 46.3 Å². The first-order valence-corrected chi connectivity index (χ1v) is 7.55. The van der Waals surface area contributed by atoms with Gasteiger partial charge in [0.15, 0.2) is 5.71 Å². The molecule has 3 rings (SSSR count). The highest BCUT2D eigenvalue weighted by Gasteiger charge is 2.45. The number of likely N-dealkylation sites (tertiary alicyclic amines) is 1. The maximum atomic E-state index is 14.1. The quantitative estimate of drug-likeness (QED) is 0.896. The lowest BCUT2D eigenvalue weighted by Gasteiger charge is -2.37. The number of carbonyl (C=O) groups excluding carboxylic acids is 1. The predicted molar refractivity (Wildman–Crippen MR) is 79.7 cm³/mol. The van der Waals surface area contributed by atoms with Crippen LogP contribution in [0.1, 0.15) is 35.2 Å². The molecule has 1 spiro atoms. The van der Waals surface area contributed by atoms with Crippen LogP contribution in [0.25, 0.3) is 0 Å². The maximum Gasteiger partial charge on any atom is 0.353 e. The Morgan fingerprint density at radius 2 is 1.96 bits per heavy atom. The molecular formula is C16H16F2N2O4. The van der Waals surface area contributed by atoms with Crippen LogP contribution in [0.2, 0.25) is 0 Å². The number of carboxylic acid groups (broad SMARTS) is 1. The fourth-order valence-corrected chi connectivity index (χ4v) is 3.03. The second-order valence-corrected chi connectivity index (χ2v) is 6.14. The molecule has 0 aromatic heterocycles. The molecule has 1 fully saturated rings. The van der Waals surface area contributed by atoms with Crippen LogP contribution in [0.3, 0.4) is 0 Å². The second kappa shape index (κ2) is 5.85. The van der Waals surface area contributed by atoms with E-state index in [2.05, 4.69) is 5.16 Å². The minimum atomic E-state index is -1.13. The molecule has 1 saturated heterocycles. The van der Waals surface area contributed by atoms with E-state index in [1.807, 2.05) is 0 Å². The van der Waals surface area contributed by atoms with Gasteiger partial charge >= 0.3 is 5.97 Å². The monoisotopic (exact) mass is 338 g/mol. The lowest BCUT2D eigenvalue weighted by atomic mass is 9.86. The van der Waals surface area contributed by atoms with Gasteiger partial charge in [-0.05, 0) is 18.6 Å². The van der Waals surface area contributed by atoms with Crippen LogP contribution in [0.5, 0.6) is 0 Å². The minimum absolute atomic E-state index is 0.0504. The molecule has 1 N–H and O–H groups in total. The Morgan fingerprint density at radius 3 is 2.54 bits per heavy atom. The molecule has 0 atom stereocenters. The Hall–Kier alpha value is -2.51. The number of nitrogens with zero attached hydrogens (tertiary/aromatic N) is 2. The molecule has 0 radical (unpaired) electrons. The Balaban J connectivity index is 1.71. The molecule has 2 aliphatic rings. The third-order valence-corrected chi connectivity index (χ3v) is 4.55. The summed E-state index contributed by atoms with van der Waals surface area (Å²) in [6.07, 6.45) is 0.875. The van der Waals surface area contributed by atoms with Crippen molar-refractivity contribution in [3.8, 4) is 0 Å². The topological polar surface area (TPSA) is 79.2 Å². The van der Waals surface area contributed by atoms with Crippen LogP contribution >= 0.6 is 0 Å². The summed E-state index contributed by atoms with van der Waals surface area (Å²) in [7, 11) is 0. The van der Waals surface area contributed by atoms with E-state index in [-0.39, 0.29) is 30.8 Å². The van der Waals surface area contributed by atoms with Crippen molar-refractivity contribution in [2.45, 2.75) is 31.8 Å². The summed E-state index contributed by atoms with van der Waals surface area (Å²) in [6, 6.07) is 2.36. The number of piperidine rings is 1. The summed E-state index contributed by atoms with van der Waals surface area (Å²) in [6.45, 7) is 1.90. The zero-order valence-electron chi connectivity index (χ0n) is 13.0. The average molecular weight is 338 g/mol. The Kier molecular flexibility index (Phi) is 3.98. The molecule has 1 aromatic rings. The van der Waals surface area contributed by atoms with Gasteiger partial charge in [-0.1, -0.05) is 11.2 Å². The molecule has 0 unspecified atom stereocenters. The molecule has 1 aromatic carbocycles. The molecule has 128 valence electrons. The highest BCUT2D eigenvalue weighted by atomic mass is 19.1. The summed E-state index contributed by atoms with van der Waals surface area (Å²) in [5, 5.41) is 12.5. The van der Waals surface area contributed by atoms with Crippen LogP contribution in [0.4, 0.5) is 8.78 Å². The van der Waals surface area contributed by atoms with Gasteiger partial charge in [-0.3, -0.25) is 4.79 Å². The van der Waals surface area contributed by atoms with Crippen LogP contribution in [-0.2, 0) is 9.63 Å². The Morgan fingerprint density at radius 1 is 1.29 bits per heavy atom. The van der Waals surface area contributed by atoms with Crippen molar-refractivity contribution in [1.29, 1.82) is 0 Å². The predicted octanol–water partition coefficient (Wildman–Crippen LogP) is 2.11. The van der Waals surface area contributed by atoms with E-state index in [0.717, 1.165) is 6.07 Å². The van der Waals surface area contributed by atoms with Crippen molar-refractivity contribution in [3.63, 3.8) is 0 Å². The summed E-state index contributed by atoms with van der Waals surface area (Å²) in [5.74, 6) is -3.58. The largest absolute Gasteiger partial charge is 0.477 e. The normalized spacial score (nSPS) is 19.1. The molecule has 0 saturated carbocycles. The van der Waals surface area contributed by atoms with E-state index in [1.165, 1.54) is 17.9 Å². The van der Waals surface area contributed by atoms with Crippen LogP contribution < -0.4 is 0 Å². The molecule has 24 heavy (non-hydrogen) atoms. The first-order valence-electron chi connectivity index (χ1n) is 7.55. The fourth-order valence-electron chi connectivity index (χ4n) is 3.03. The van der Waals surface area contributed by atoms with E-state index in [0.29, 0.717) is 12.8 Å². The number of hydrogen-bond acceptors (Lipinski definition) is 4. The van der Waals surface area contributed by atoms with Crippen LogP contribution in [0.15, 0.2) is 17.3 Å². The molecule has 0 aliphatic carbocycles.